The van der Waals surface area contributed by atoms with Crippen LogP contribution < -0.4 is 21.8 Å². The molecule has 2 radical (unpaired) electrons. The van der Waals surface area contributed by atoms with E-state index in [1.807, 2.05) is 0 Å². The molecule has 2 amide bonds. The fourth-order valence-electron chi connectivity index (χ4n) is 2.53. The van der Waals surface area contributed by atoms with Crippen LogP contribution in [0.25, 0.3) is 0 Å². The maximum atomic E-state index is 14.2. The van der Waals surface area contributed by atoms with Gasteiger partial charge in [0.1, 0.15) is 31.1 Å². The van der Waals surface area contributed by atoms with Crippen LogP contribution in [0.3, 0.4) is 0 Å². The van der Waals surface area contributed by atoms with Gasteiger partial charge in [-0.05, 0) is 36.4 Å². The summed E-state index contributed by atoms with van der Waals surface area (Å²) in [5, 5.41) is 12.2. The number of carbonyl (C=O) groups excluding carboxylic acids is 2. The van der Waals surface area contributed by atoms with Crippen molar-refractivity contribution in [1.82, 2.24) is 4.98 Å². The fraction of sp³-hybridized carbons (Fsp3) is 0. The van der Waals surface area contributed by atoms with Gasteiger partial charge in [0.25, 0.3) is 11.8 Å². The Labute approximate surface area is 171 Å². The molecule has 0 fully saturated rings. The summed E-state index contributed by atoms with van der Waals surface area (Å²) in [6.07, 6.45) is 1.33. The number of nitrogens with one attached hydrogen (secondary N) is 3. The molecule has 0 aliphatic rings. The van der Waals surface area contributed by atoms with Crippen molar-refractivity contribution >= 4 is 42.5 Å². The van der Waals surface area contributed by atoms with Crippen LogP contribution in [-0.4, -0.2) is 30.5 Å². The van der Waals surface area contributed by atoms with Gasteiger partial charge in [-0.3, -0.25) is 15.0 Å². The highest BCUT2D eigenvalue weighted by molar-refractivity contribution is 6.32. The van der Waals surface area contributed by atoms with Crippen LogP contribution in [0.5, 0.6) is 0 Å². The molecule has 0 unspecified atom stereocenters. The lowest BCUT2D eigenvalue weighted by molar-refractivity contribution is 0.102. The minimum atomic E-state index is -0.903. The van der Waals surface area contributed by atoms with Crippen molar-refractivity contribution in [1.29, 1.82) is 5.41 Å². The number of anilines is 2. The van der Waals surface area contributed by atoms with Crippen LogP contribution >= 0.6 is 0 Å². The number of carbonyl (C=O) groups is 2. The predicted octanol–water partition coefficient (Wildman–Crippen LogP) is 1.94. The number of halogens is 2. The first-order chi connectivity index (χ1) is 14.2. The predicted molar refractivity (Wildman–Crippen MR) is 109 cm³/mol. The van der Waals surface area contributed by atoms with Crippen LogP contribution in [0, 0.1) is 17.0 Å². The zero-order chi connectivity index (χ0) is 21.8. The van der Waals surface area contributed by atoms with E-state index in [2.05, 4.69) is 15.6 Å². The van der Waals surface area contributed by atoms with Gasteiger partial charge in [-0.25, -0.2) is 13.8 Å². The molecular formula is C20H14BF2N5O2. The second-order valence-corrected chi connectivity index (χ2v) is 6.18. The first-order valence-electron chi connectivity index (χ1n) is 8.52. The summed E-state index contributed by atoms with van der Waals surface area (Å²) in [6, 6.07) is 9.54. The molecule has 5 N–H and O–H groups in total. The highest BCUT2D eigenvalue weighted by Crippen LogP contribution is 2.20. The third-order valence-electron chi connectivity index (χ3n) is 4.03. The number of pyridine rings is 1. The third kappa shape index (κ3) is 4.66. The monoisotopic (exact) mass is 405 g/mol. The molecule has 0 bridgehead atoms. The lowest BCUT2D eigenvalue weighted by Gasteiger charge is -2.12. The molecule has 30 heavy (non-hydrogen) atoms. The van der Waals surface area contributed by atoms with E-state index in [0.29, 0.717) is 5.46 Å². The number of amides is 2. The van der Waals surface area contributed by atoms with E-state index in [0.717, 1.165) is 24.3 Å². The summed E-state index contributed by atoms with van der Waals surface area (Å²) in [7, 11) is 5.54. The molecule has 7 nitrogen and oxygen atoms in total. The molecule has 1 heterocycles. The largest absolute Gasteiger partial charge is 0.384 e. The number of hydrogen-bond acceptors (Lipinski definition) is 4. The number of nitrogens with two attached hydrogens (primary N) is 1. The topological polar surface area (TPSA) is 121 Å². The first-order valence-corrected chi connectivity index (χ1v) is 8.52. The number of rotatable bonds is 5. The van der Waals surface area contributed by atoms with Gasteiger partial charge in [-0.15, -0.1) is 0 Å². The Balaban J connectivity index is 1.86. The average molecular weight is 405 g/mol. The average Bonchev–Trinajstić information content (AvgIpc) is 2.70. The van der Waals surface area contributed by atoms with Crippen LogP contribution in [0.1, 0.15) is 26.3 Å². The summed E-state index contributed by atoms with van der Waals surface area (Å²) in [5.74, 6) is -3.40. The summed E-state index contributed by atoms with van der Waals surface area (Å²) in [4.78, 5) is 29.0. The number of nitrogens with zero attached hydrogens (tertiary/aromatic N) is 1. The first kappa shape index (κ1) is 20.7. The number of hydrogen-bond donors (Lipinski definition) is 4. The van der Waals surface area contributed by atoms with E-state index in [-0.39, 0.29) is 34.0 Å². The second kappa shape index (κ2) is 8.52. The van der Waals surface area contributed by atoms with Gasteiger partial charge in [0.05, 0.1) is 16.8 Å². The zero-order valence-electron chi connectivity index (χ0n) is 15.4. The smallest absolute Gasteiger partial charge is 0.259 e. The Bertz CT molecular complexity index is 1150. The van der Waals surface area contributed by atoms with Crippen molar-refractivity contribution in [2.24, 2.45) is 5.73 Å². The molecular weight excluding hydrogens is 391 g/mol. The molecule has 0 atom stereocenters. The van der Waals surface area contributed by atoms with E-state index in [9.17, 15) is 18.4 Å². The molecule has 10 heteroatoms. The van der Waals surface area contributed by atoms with Gasteiger partial charge >= 0.3 is 0 Å². The highest BCUT2D eigenvalue weighted by Gasteiger charge is 2.18. The number of nitrogen functional groups attached to an aromatic ring is 1. The Morgan fingerprint density at radius 3 is 2.33 bits per heavy atom. The second-order valence-electron chi connectivity index (χ2n) is 6.18. The van der Waals surface area contributed by atoms with Gasteiger partial charge in [-0.2, -0.15) is 0 Å². The van der Waals surface area contributed by atoms with Crippen LogP contribution in [0.2, 0.25) is 0 Å². The third-order valence-corrected chi connectivity index (χ3v) is 4.03. The van der Waals surface area contributed by atoms with Crippen LogP contribution in [-0.2, 0) is 0 Å². The molecule has 2 aromatic carbocycles. The molecule has 1 aromatic heterocycles. The van der Waals surface area contributed by atoms with E-state index < -0.39 is 23.4 Å². The maximum absolute atomic E-state index is 14.2. The summed E-state index contributed by atoms with van der Waals surface area (Å²) in [6.45, 7) is 0. The minimum Gasteiger partial charge on any atom is -0.384 e. The summed E-state index contributed by atoms with van der Waals surface area (Å²) >= 11 is 0. The van der Waals surface area contributed by atoms with Crippen molar-refractivity contribution in [3.8, 4) is 0 Å². The Morgan fingerprint density at radius 1 is 0.967 bits per heavy atom. The van der Waals surface area contributed by atoms with Crippen LogP contribution in [0.15, 0.2) is 54.7 Å². The van der Waals surface area contributed by atoms with Gasteiger partial charge < -0.3 is 16.4 Å². The van der Waals surface area contributed by atoms with E-state index in [1.54, 1.807) is 0 Å². The lowest BCUT2D eigenvalue weighted by atomic mass is 9.99. The summed E-state index contributed by atoms with van der Waals surface area (Å²) < 4.78 is 28.0. The molecule has 148 valence electrons. The quantitative estimate of drug-likeness (QED) is 0.295. The normalized spacial score (nSPS) is 10.3. The molecule has 3 rings (SSSR count). The lowest BCUT2D eigenvalue weighted by Crippen LogP contribution is -2.20. The number of benzene rings is 2. The number of aromatic nitrogens is 1. The van der Waals surface area contributed by atoms with Crippen molar-refractivity contribution in [2.75, 3.05) is 10.6 Å². The van der Waals surface area contributed by atoms with Crippen molar-refractivity contribution in [3.63, 3.8) is 0 Å². The van der Waals surface area contributed by atoms with Gasteiger partial charge in [0, 0.05) is 11.8 Å². The molecule has 0 aliphatic carbocycles. The highest BCUT2D eigenvalue weighted by atomic mass is 19.1. The van der Waals surface area contributed by atoms with E-state index in [1.165, 1.54) is 30.5 Å². The molecule has 3 aromatic rings. The molecule has 0 saturated carbocycles. The van der Waals surface area contributed by atoms with Crippen LogP contribution in [0.4, 0.5) is 20.3 Å². The Kier molecular flexibility index (Phi) is 5.86. The summed E-state index contributed by atoms with van der Waals surface area (Å²) in [5.41, 5.74) is 5.23. The Hall–Kier alpha value is -4.08. The van der Waals surface area contributed by atoms with Crippen molar-refractivity contribution in [2.45, 2.75) is 0 Å². The van der Waals surface area contributed by atoms with E-state index >= 15 is 0 Å². The molecule has 0 aliphatic heterocycles. The van der Waals surface area contributed by atoms with Gasteiger partial charge in [0.2, 0.25) is 0 Å². The van der Waals surface area contributed by atoms with Crippen molar-refractivity contribution < 1.29 is 18.4 Å². The van der Waals surface area contributed by atoms with Gasteiger partial charge in [-0.1, -0.05) is 17.6 Å². The Morgan fingerprint density at radius 2 is 1.70 bits per heavy atom. The zero-order valence-corrected chi connectivity index (χ0v) is 15.4. The van der Waals surface area contributed by atoms with Crippen molar-refractivity contribution in [3.05, 3.63) is 83.1 Å². The molecule has 0 spiro atoms. The fourth-order valence-corrected chi connectivity index (χ4v) is 2.53. The maximum Gasteiger partial charge on any atom is 0.259 e. The van der Waals surface area contributed by atoms with Gasteiger partial charge in [0.15, 0.2) is 0 Å². The number of amidine groups is 1. The minimum absolute atomic E-state index is 0.0376. The standard InChI is InChI=1S/C20H14BF2N5O2/c21-11-2-6-17(26-9-11)28-20(30)14-8-12(22)3-5-16(14)27-19(29)13-4-1-10(18(24)25)7-15(13)23/h1-9H,(H3,24,25)(H,27,29)(H,26,28,30). The molecule has 0 saturated heterocycles. The van der Waals surface area contributed by atoms with E-state index in [4.69, 9.17) is 19.0 Å². The SMILES string of the molecule is [B]c1ccc(NC(=O)c2cc(F)ccc2NC(=O)c2ccc(C(=N)N)cc2F)nc1.